The van der Waals surface area contributed by atoms with E-state index in [1.54, 1.807) is 11.3 Å². The van der Waals surface area contributed by atoms with Crippen molar-refractivity contribution in [3.05, 3.63) is 260 Å². The zero-order valence-corrected chi connectivity index (χ0v) is 44.5. The first-order valence-electron chi connectivity index (χ1n) is 27.5. The van der Waals surface area contributed by atoms with Crippen molar-refractivity contribution in [2.45, 2.75) is 0 Å². The smallest absolute Gasteiger partial charge is 0.101 e. The SMILES string of the molecule is N#Cc1cc(-n2c3ccc(-n4c5ccccc5c5ccccc54)cc3c3ccc4c5ccccc5n(-c5ccccc5)c4c32)c(C#N)cc1-n1c2ccc(-n3c4ccccc4c4ccccc43)cc2c2cc3c(cc21)sc1ccccc13. The van der Waals surface area contributed by atoms with Crippen LogP contribution in [0.5, 0.6) is 0 Å². The van der Waals surface area contributed by atoms with Gasteiger partial charge in [-0.1, -0.05) is 140 Å². The van der Waals surface area contributed by atoms with Crippen LogP contribution in [0.1, 0.15) is 11.1 Å². The molecule has 6 heterocycles. The fraction of sp³-hybridized carbons (Fsp3) is 0. The maximum atomic E-state index is 11.8. The van der Waals surface area contributed by atoms with Crippen molar-refractivity contribution in [2.75, 3.05) is 0 Å². The highest BCUT2D eigenvalue weighted by molar-refractivity contribution is 7.25. The topological polar surface area (TPSA) is 72.2 Å². The molecule has 378 valence electrons. The normalized spacial score (nSPS) is 12.1. The van der Waals surface area contributed by atoms with Crippen molar-refractivity contribution < 1.29 is 0 Å². The van der Waals surface area contributed by atoms with Crippen molar-refractivity contribution in [3.8, 4) is 40.6 Å². The summed E-state index contributed by atoms with van der Waals surface area (Å²) < 4.78 is 13.9. The Balaban J connectivity index is 0.939. The zero-order chi connectivity index (χ0) is 53.9. The summed E-state index contributed by atoms with van der Waals surface area (Å²) in [6.07, 6.45) is 0. The Labute approximate surface area is 471 Å². The molecular weight excluding hydrogens is 1020 g/mol. The van der Waals surface area contributed by atoms with E-state index in [4.69, 9.17) is 0 Å². The number of thiophene rings is 1. The van der Waals surface area contributed by atoms with Crippen LogP contribution < -0.4 is 0 Å². The molecule has 82 heavy (non-hydrogen) atoms. The minimum atomic E-state index is 0.443. The van der Waals surface area contributed by atoms with Gasteiger partial charge in [0.2, 0.25) is 0 Å². The molecule has 0 aliphatic heterocycles. The first kappa shape index (κ1) is 44.8. The lowest BCUT2D eigenvalue weighted by molar-refractivity contribution is 1.12. The molecule has 12 aromatic carbocycles. The van der Waals surface area contributed by atoms with Gasteiger partial charge in [-0.2, -0.15) is 10.5 Å². The first-order chi connectivity index (χ1) is 40.6. The molecule has 0 N–H and O–H groups in total. The van der Waals surface area contributed by atoms with E-state index >= 15 is 0 Å². The van der Waals surface area contributed by atoms with Gasteiger partial charge in [-0.15, -0.1) is 11.3 Å². The lowest BCUT2D eigenvalue weighted by Crippen LogP contribution is -2.05. The van der Waals surface area contributed by atoms with E-state index in [1.807, 2.05) is 12.1 Å². The Morgan fingerprint density at radius 3 is 1.20 bits per heavy atom. The van der Waals surface area contributed by atoms with Gasteiger partial charge in [0.05, 0.1) is 77.7 Å². The maximum absolute atomic E-state index is 11.8. The second kappa shape index (κ2) is 16.7. The third-order valence-corrected chi connectivity index (χ3v) is 18.5. The summed E-state index contributed by atoms with van der Waals surface area (Å²) in [5.74, 6) is 0. The second-order valence-corrected chi connectivity index (χ2v) is 22.5. The highest BCUT2D eigenvalue weighted by atomic mass is 32.1. The standard InChI is InChI=1S/C74H41N7S/c75-42-44-37-69(45(43-76)36-68(44)80-66-34-30-48(78-63-26-12-6-20-51(63)52-21-7-13-27-64(52)78)39-58(66)59-40-60-54-23-9-15-29-71(54)82-72(60)41-70(59)80)81-67-35-31-47(77-61-24-10-4-18-49(61)50-19-5-11-25-62(50)77)38-57(67)56-33-32-55-53-22-8-14-28-65(53)79(73(55)74(56)81)46-16-2-1-3-17-46/h1-41H. The Morgan fingerprint density at radius 2 is 0.646 bits per heavy atom. The quantitative estimate of drug-likeness (QED) is 0.172. The molecule has 6 aromatic heterocycles. The number of hydrogen-bond donors (Lipinski definition) is 0. The van der Waals surface area contributed by atoms with Gasteiger partial charge in [-0.05, 0) is 109 Å². The van der Waals surface area contributed by atoms with Crippen LogP contribution in [-0.4, -0.2) is 22.8 Å². The van der Waals surface area contributed by atoms with Gasteiger partial charge in [-0.25, -0.2) is 0 Å². The number of aromatic nitrogens is 5. The van der Waals surface area contributed by atoms with Crippen molar-refractivity contribution >= 4 is 141 Å². The van der Waals surface area contributed by atoms with Gasteiger partial charge in [-0.3, -0.25) is 0 Å². The van der Waals surface area contributed by atoms with E-state index in [0.717, 1.165) is 109 Å². The molecule has 0 amide bonds. The third-order valence-electron chi connectivity index (χ3n) is 17.3. The number of hydrogen-bond acceptors (Lipinski definition) is 3. The van der Waals surface area contributed by atoms with Crippen LogP contribution in [-0.2, 0) is 0 Å². The maximum Gasteiger partial charge on any atom is 0.101 e. The van der Waals surface area contributed by atoms with Gasteiger partial charge in [0, 0.05) is 91.1 Å². The molecular formula is C74H41N7S. The van der Waals surface area contributed by atoms with Crippen molar-refractivity contribution in [1.29, 1.82) is 10.5 Å². The second-order valence-electron chi connectivity index (χ2n) is 21.4. The van der Waals surface area contributed by atoms with Crippen molar-refractivity contribution in [2.24, 2.45) is 0 Å². The summed E-state index contributed by atoms with van der Waals surface area (Å²) in [7, 11) is 0. The largest absolute Gasteiger partial charge is 0.309 e. The average Bonchev–Trinajstić information content (AvgIpc) is 4.54. The molecule has 8 heteroatoms. The van der Waals surface area contributed by atoms with E-state index in [0.29, 0.717) is 22.5 Å². The molecule has 0 saturated carbocycles. The first-order valence-corrected chi connectivity index (χ1v) is 28.3. The van der Waals surface area contributed by atoms with E-state index < -0.39 is 0 Å². The van der Waals surface area contributed by atoms with E-state index in [1.165, 1.54) is 37.0 Å². The van der Waals surface area contributed by atoms with Crippen LogP contribution in [0.3, 0.4) is 0 Å². The summed E-state index contributed by atoms with van der Waals surface area (Å²) in [5, 5.41) is 37.1. The Kier molecular flexibility index (Phi) is 9.11. The Hall–Kier alpha value is -11.2. The van der Waals surface area contributed by atoms with E-state index in [-0.39, 0.29) is 0 Å². The number of benzene rings is 12. The Morgan fingerprint density at radius 1 is 0.244 bits per heavy atom. The molecule has 0 unspecified atom stereocenters. The number of nitrogens with zero attached hydrogens (tertiary/aromatic N) is 7. The molecule has 0 bridgehead atoms. The summed E-state index contributed by atoms with van der Waals surface area (Å²) in [6.45, 7) is 0. The van der Waals surface area contributed by atoms with E-state index in [9.17, 15) is 10.5 Å². The lowest BCUT2D eigenvalue weighted by atomic mass is 10.1. The number of rotatable bonds is 5. The number of fused-ring (bicyclic) bond motifs is 19. The van der Waals surface area contributed by atoms with Crippen LogP contribution in [0, 0.1) is 22.7 Å². The van der Waals surface area contributed by atoms with Crippen LogP contribution in [0.4, 0.5) is 0 Å². The van der Waals surface area contributed by atoms with Crippen LogP contribution >= 0.6 is 11.3 Å². The van der Waals surface area contributed by atoms with Gasteiger partial charge < -0.3 is 22.8 Å². The predicted molar refractivity (Wildman–Crippen MR) is 340 cm³/mol. The monoisotopic (exact) mass is 1060 g/mol. The third kappa shape index (κ3) is 6.00. The molecule has 0 radical (unpaired) electrons. The van der Waals surface area contributed by atoms with Crippen LogP contribution in [0.15, 0.2) is 249 Å². The fourth-order valence-corrected chi connectivity index (χ4v) is 15.0. The zero-order valence-electron chi connectivity index (χ0n) is 43.7. The molecule has 7 nitrogen and oxygen atoms in total. The average molecular weight is 1060 g/mol. The van der Waals surface area contributed by atoms with Gasteiger partial charge in [0.15, 0.2) is 0 Å². The summed E-state index contributed by atoms with van der Waals surface area (Å²) in [4.78, 5) is 0. The summed E-state index contributed by atoms with van der Waals surface area (Å²) in [6, 6.07) is 94.1. The van der Waals surface area contributed by atoms with Gasteiger partial charge >= 0.3 is 0 Å². The lowest BCUT2D eigenvalue weighted by Gasteiger charge is -2.17. The number of para-hydroxylation sites is 6. The van der Waals surface area contributed by atoms with Crippen molar-refractivity contribution in [1.82, 2.24) is 22.8 Å². The van der Waals surface area contributed by atoms with Crippen molar-refractivity contribution in [3.63, 3.8) is 0 Å². The van der Waals surface area contributed by atoms with E-state index in [2.05, 4.69) is 272 Å². The highest BCUT2D eigenvalue weighted by Crippen LogP contribution is 2.47. The fourth-order valence-electron chi connectivity index (χ4n) is 13.9. The van der Waals surface area contributed by atoms with Crippen LogP contribution in [0.25, 0.3) is 158 Å². The molecule has 0 saturated heterocycles. The van der Waals surface area contributed by atoms with Gasteiger partial charge in [0.1, 0.15) is 12.1 Å². The summed E-state index contributed by atoms with van der Waals surface area (Å²) in [5.41, 5.74) is 15.6. The minimum absolute atomic E-state index is 0.443. The molecule has 18 rings (SSSR count). The number of nitriles is 2. The van der Waals surface area contributed by atoms with Crippen LogP contribution in [0.2, 0.25) is 0 Å². The highest BCUT2D eigenvalue weighted by Gasteiger charge is 2.27. The molecule has 0 aliphatic carbocycles. The summed E-state index contributed by atoms with van der Waals surface area (Å²) >= 11 is 1.78. The minimum Gasteiger partial charge on any atom is -0.309 e. The van der Waals surface area contributed by atoms with Gasteiger partial charge in [0.25, 0.3) is 0 Å². The predicted octanol–water partition coefficient (Wildman–Crippen LogP) is 19.3. The molecule has 0 atom stereocenters. The molecule has 0 fully saturated rings. The Bertz CT molecular complexity index is 5820. The molecule has 0 spiro atoms. The molecule has 18 aromatic rings. The molecule has 0 aliphatic rings.